The van der Waals surface area contributed by atoms with Crippen LogP contribution in [-0.4, -0.2) is 36.0 Å². The molecule has 0 radical (unpaired) electrons. The van der Waals surface area contributed by atoms with E-state index < -0.39 is 0 Å². The number of aryl methyl sites for hydroxylation is 1. The maximum atomic E-state index is 12.5. The average Bonchev–Trinajstić information content (AvgIpc) is 3.18. The molecular formula is C20H27N3O3. The lowest BCUT2D eigenvalue weighted by atomic mass is 9.98. The second-order valence-electron chi connectivity index (χ2n) is 7.38. The fourth-order valence-electron chi connectivity index (χ4n) is 3.56. The number of para-hydroxylation sites is 1. The maximum Gasteiger partial charge on any atom is 0.315 e. The molecule has 1 aromatic carbocycles. The van der Waals surface area contributed by atoms with Gasteiger partial charge in [-0.05, 0) is 25.3 Å². The number of furan rings is 1. The fourth-order valence-corrected chi connectivity index (χ4v) is 3.56. The normalized spacial score (nSPS) is 18.3. The molecule has 6 nitrogen and oxygen atoms in total. The third kappa shape index (κ3) is 3.69. The number of hydrogen-bond donors (Lipinski definition) is 2. The van der Waals surface area contributed by atoms with Gasteiger partial charge in [0, 0.05) is 37.0 Å². The molecule has 26 heavy (non-hydrogen) atoms. The highest BCUT2D eigenvalue weighted by Gasteiger charge is 2.28. The molecule has 1 saturated heterocycles. The molecule has 1 aliphatic heterocycles. The van der Waals surface area contributed by atoms with Crippen molar-refractivity contribution >= 4 is 22.9 Å². The standard InChI is InChI=1S/C20H27N3O3/c1-12(2)18(19-13(3)16-7-5-6-8-17(16)26-19)22-20(25)21-15-9-10-23(11-15)14(4)24/h5-8,12,15,18H,9-11H2,1-4H3,(H2,21,22,25). The number of likely N-dealkylation sites (tertiary alicyclic amines) is 1. The number of urea groups is 1. The molecule has 1 aromatic heterocycles. The van der Waals surface area contributed by atoms with E-state index in [2.05, 4.69) is 24.5 Å². The Morgan fingerprint density at radius 3 is 2.62 bits per heavy atom. The van der Waals surface area contributed by atoms with Gasteiger partial charge in [-0.15, -0.1) is 0 Å². The molecule has 2 unspecified atom stereocenters. The largest absolute Gasteiger partial charge is 0.459 e. The number of fused-ring (bicyclic) bond motifs is 1. The molecule has 0 bridgehead atoms. The van der Waals surface area contributed by atoms with Gasteiger partial charge in [-0.3, -0.25) is 4.79 Å². The highest BCUT2D eigenvalue weighted by molar-refractivity contribution is 5.82. The summed E-state index contributed by atoms with van der Waals surface area (Å²) in [7, 11) is 0. The van der Waals surface area contributed by atoms with E-state index in [1.807, 2.05) is 31.2 Å². The molecule has 0 spiro atoms. The Morgan fingerprint density at radius 1 is 1.27 bits per heavy atom. The fraction of sp³-hybridized carbons (Fsp3) is 0.500. The monoisotopic (exact) mass is 357 g/mol. The first-order chi connectivity index (χ1) is 12.4. The minimum atomic E-state index is -0.223. The predicted molar refractivity (Wildman–Crippen MR) is 101 cm³/mol. The van der Waals surface area contributed by atoms with Gasteiger partial charge < -0.3 is 20.0 Å². The molecule has 2 aromatic rings. The lowest BCUT2D eigenvalue weighted by Gasteiger charge is -2.23. The van der Waals surface area contributed by atoms with E-state index in [4.69, 9.17) is 4.42 Å². The molecule has 1 fully saturated rings. The molecule has 2 atom stereocenters. The van der Waals surface area contributed by atoms with Gasteiger partial charge in [0.2, 0.25) is 5.91 Å². The number of hydrogen-bond acceptors (Lipinski definition) is 3. The van der Waals surface area contributed by atoms with Crippen molar-refractivity contribution in [1.82, 2.24) is 15.5 Å². The second kappa shape index (κ2) is 7.40. The third-order valence-corrected chi connectivity index (χ3v) is 5.09. The SMILES string of the molecule is CC(=O)N1CCC(NC(=O)NC(c2oc3ccccc3c2C)C(C)C)C1. The summed E-state index contributed by atoms with van der Waals surface area (Å²) in [4.78, 5) is 25.7. The zero-order valence-corrected chi connectivity index (χ0v) is 15.8. The van der Waals surface area contributed by atoms with Crippen LogP contribution in [-0.2, 0) is 4.79 Å². The van der Waals surface area contributed by atoms with E-state index in [1.165, 1.54) is 0 Å². The summed E-state index contributed by atoms with van der Waals surface area (Å²) in [5.74, 6) is 1.03. The van der Waals surface area contributed by atoms with Crippen LogP contribution in [0.15, 0.2) is 28.7 Å². The Hall–Kier alpha value is -2.50. The van der Waals surface area contributed by atoms with Crippen LogP contribution in [0.2, 0.25) is 0 Å². The van der Waals surface area contributed by atoms with Crippen molar-refractivity contribution in [1.29, 1.82) is 0 Å². The lowest BCUT2D eigenvalue weighted by Crippen LogP contribution is -2.45. The number of benzene rings is 1. The van der Waals surface area contributed by atoms with E-state index in [1.54, 1.807) is 11.8 Å². The number of carbonyl (C=O) groups is 2. The topological polar surface area (TPSA) is 74.6 Å². The van der Waals surface area contributed by atoms with Gasteiger partial charge in [0.1, 0.15) is 11.3 Å². The van der Waals surface area contributed by atoms with E-state index >= 15 is 0 Å². The highest BCUT2D eigenvalue weighted by Crippen LogP contribution is 2.32. The summed E-state index contributed by atoms with van der Waals surface area (Å²) in [6.45, 7) is 8.96. The molecule has 3 amide bonds. The quantitative estimate of drug-likeness (QED) is 0.881. The van der Waals surface area contributed by atoms with E-state index in [9.17, 15) is 9.59 Å². The van der Waals surface area contributed by atoms with Crippen LogP contribution in [0, 0.1) is 12.8 Å². The Morgan fingerprint density at radius 2 is 2.00 bits per heavy atom. The lowest BCUT2D eigenvalue weighted by molar-refractivity contribution is -0.127. The van der Waals surface area contributed by atoms with Crippen molar-refractivity contribution < 1.29 is 14.0 Å². The van der Waals surface area contributed by atoms with E-state index in [-0.39, 0.29) is 29.9 Å². The van der Waals surface area contributed by atoms with E-state index in [0.29, 0.717) is 13.1 Å². The van der Waals surface area contributed by atoms with Crippen LogP contribution in [0.4, 0.5) is 4.79 Å². The Balaban J connectivity index is 1.71. The number of nitrogens with one attached hydrogen (secondary N) is 2. The molecule has 1 aliphatic rings. The van der Waals surface area contributed by atoms with Gasteiger partial charge in [0.15, 0.2) is 0 Å². The first-order valence-corrected chi connectivity index (χ1v) is 9.17. The van der Waals surface area contributed by atoms with Gasteiger partial charge in [-0.1, -0.05) is 32.0 Å². The van der Waals surface area contributed by atoms with Crippen LogP contribution in [0.5, 0.6) is 0 Å². The first kappa shape index (κ1) is 18.3. The van der Waals surface area contributed by atoms with Crippen molar-refractivity contribution in [3.63, 3.8) is 0 Å². The molecule has 140 valence electrons. The Labute approximate surface area is 153 Å². The number of rotatable bonds is 4. The first-order valence-electron chi connectivity index (χ1n) is 9.17. The molecule has 6 heteroatoms. The molecule has 2 N–H and O–H groups in total. The molecular weight excluding hydrogens is 330 g/mol. The second-order valence-corrected chi connectivity index (χ2v) is 7.38. The van der Waals surface area contributed by atoms with Gasteiger partial charge in [-0.2, -0.15) is 0 Å². The molecule has 0 saturated carbocycles. The van der Waals surface area contributed by atoms with Gasteiger partial charge >= 0.3 is 6.03 Å². The average molecular weight is 357 g/mol. The van der Waals surface area contributed by atoms with Crippen molar-refractivity contribution in [2.45, 2.75) is 46.2 Å². The van der Waals surface area contributed by atoms with Gasteiger partial charge in [0.05, 0.1) is 6.04 Å². The number of amides is 3. The Bertz CT molecular complexity index is 812. The smallest absolute Gasteiger partial charge is 0.315 e. The number of carbonyl (C=O) groups excluding carboxylic acids is 2. The van der Waals surface area contributed by atoms with Gasteiger partial charge in [0.25, 0.3) is 0 Å². The molecule has 0 aliphatic carbocycles. The Kier molecular flexibility index (Phi) is 5.20. The van der Waals surface area contributed by atoms with Crippen molar-refractivity contribution in [2.24, 2.45) is 5.92 Å². The van der Waals surface area contributed by atoms with Crippen LogP contribution in [0.25, 0.3) is 11.0 Å². The van der Waals surface area contributed by atoms with Crippen LogP contribution < -0.4 is 10.6 Å². The predicted octanol–water partition coefficient (Wildman–Crippen LogP) is 3.36. The van der Waals surface area contributed by atoms with Crippen LogP contribution in [0.1, 0.15) is 44.6 Å². The van der Waals surface area contributed by atoms with Gasteiger partial charge in [-0.25, -0.2) is 4.79 Å². The zero-order chi connectivity index (χ0) is 18.8. The summed E-state index contributed by atoms with van der Waals surface area (Å²) in [5, 5.41) is 7.12. The van der Waals surface area contributed by atoms with Crippen molar-refractivity contribution in [3.8, 4) is 0 Å². The van der Waals surface area contributed by atoms with Crippen molar-refractivity contribution in [3.05, 3.63) is 35.6 Å². The molecule has 3 rings (SSSR count). The molecule has 2 heterocycles. The summed E-state index contributed by atoms with van der Waals surface area (Å²) in [6.07, 6.45) is 0.781. The minimum Gasteiger partial charge on any atom is -0.459 e. The van der Waals surface area contributed by atoms with E-state index in [0.717, 1.165) is 28.7 Å². The third-order valence-electron chi connectivity index (χ3n) is 5.09. The maximum absolute atomic E-state index is 12.5. The minimum absolute atomic E-state index is 0.0107. The number of nitrogens with zero attached hydrogens (tertiary/aromatic N) is 1. The summed E-state index contributed by atoms with van der Waals surface area (Å²) in [6, 6.07) is 7.46. The van der Waals surface area contributed by atoms with Crippen LogP contribution in [0.3, 0.4) is 0 Å². The summed E-state index contributed by atoms with van der Waals surface area (Å²) < 4.78 is 6.05. The van der Waals surface area contributed by atoms with Crippen molar-refractivity contribution in [2.75, 3.05) is 13.1 Å². The van der Waals surface area contributed by atoms with Crippen LogP contribution >= 0.6 is 0 Å². The highest BCUT2D eigenvalue weighted by atomic mass is 16.3. The zero-order valence-electron chi connectivity index (χ0n) is 15.8. The summed E-state index contributed by atoms with van der Waals surface area (Å²) in [5.41, 5.74) is 1.89. The summed E-state index contributed by atoms with van der Waals surface area (Å²) >= 11 is 0.